The number of para-hydroxylation sites is 1. The third-order valence-corrected chi connectivity index (χ3v) is 4.36. The van der Waals surface area contributed by atoms with Crippen LogP contribution in [0.25, 0.3) is 0 Å². The Morgan fingerprint density at radius 3 is 2.72 bits per heavy atom. The minimum absolute atomic E-state index is 0.119. The first-order valence-electron chi connectivity index (χ1n) is 7.96. The Labute approximate surface area is 150 Å². The van der Waals surface area contributed by atoms with Crippen LogP contribution in [-0.2, 0) is 6.42 Å². The van der Waals surface area contributed by atoms with Crippen molar-refractivity contribution in [3.63, 3.8) is 0 Å². The molecule has 0 atom stereocenters. The van der Waals surface area contributed by atoms with Crippen LogP contribution in [0.15, 0.2) is 60.8 Å². The van der Waals surface area contributed by atoms with Gasteiger partial charge in [-0.15, -0.1) is 0 Å². The third-order valence-electron chi connectivity index (χ3n) is 4.11. The monoisotopic (exact) mass is 350 g/mol. The molecule has 2 aromatic carbocycles. The van der Waals surface area contributed by atoms with Gasteiger partial charge in [0.2, 0.25) is 5.95 Å². The van der Waals surface area contributed by atoms with Gasteiger partial charge in [0.25, 0.3) is 5.91 Å². The van der Waals surface area contributed by atoms with Crippen LogP contribution in [0.3, 0.4) is 0 Å². The van der Waals surface area contributed by atoms with Crippen molar-refractivity contribution in [1.29, 1.82) is 0 Å². The molecule has 2 heterocycles. The Morgan fingerprint density at radius 2 is 1.88 bits per heavy atom. The number of aromatic nitrogens is 2. The lowest BCUT2D eigenvalue weighted by molar-refractivity contribution is 0.0984. The van der Waals surface area contributed by atoms with Crippen LogP contribution in [0, 0.1) is 0 Å². The lowest BCUT2D eigenvalue weighted by atomic mass is 10.2. The molecule has 1 aliphatic heterocycles. The molecule has 1 amide bonds. The van der Waals surface area contributed by atoms with E-state index in [1.165, 1.54) is 5.56 Å². The number of halogens is 1. The topological polar surface area (TPSA) is 58.1 Å². The van der Waals surface area contributed by atoms with Gasteiger partial charge in [-0.1, -0.05) is 29.8 Å². The van der Waals surface area contributed by atoms with Crippen molar-refractivity contribution in [3.8, 4) is 0 Å². The van der Waals surface area contributed by atoms with E-state index in [0.29, 0.717) is 23.2 Å². The van der Waals surface area contributed by atoms with Crippen molar-refractivity contribution in [3.05, 3.63) is 77.1 Å². The molecule has 0 unspecified atom stereocenters. The van der Waals surface area contributed by atoms with E-state index in [9.17, 15) is 4.79 Å². The highest BCUT2D eigenvalue weighted by Gasteiger charge is 2.26. The Morgan fingerprint density at radius 1 is 1.08 bits per heavy atom. The molecule has 1 aliphatic rings. The van der Waals surface area contributed by atoms with Crippen LogP contribution >= 0.6 is 11.6 Å². The molecule has 0 spiro atoms. The van der Waals surface area contributed by atoms with Crippen LogP contribution in [-0.4, -0.2) is 22.4 Å². The zero-order chi connectivity index (χ0) is 17.2. The number of hydrogen-bond donors (Lipinski definition) is 1. The van der Waals surface area contributed by atoms with Crippen LogP contribution < -0.4 is 10.2 Å². The zero-order valence-corrected chi connectivity index (χ0v) is 14.1. The molecule has 1 aromatic heterocycles. The highest BCUT2D eigenvalue weighted by Crippen LogP contribution is 2.28. The average Bonchev–Trinajstić information content (AvgIpc) is 3.07. The van der Waals surface area contributed by atoms with E-state index in [2.05, 4.69) is 21.4 Å². The number of nitrogens with zero attached hydrogens (tertiary/aromatic N) is 3. The zero-order valence-electron chi connectivity index (χ0n) is 13.3. The Bertz CT molecular complexity index is 927. The van der Waals surface area contributed by atoms with Crippen LogP contribution in [0.1, 0.15) is 16.1 Å². The van der Waals surface area contributed by atoms with Crippen LogP contribution in [0.2, 0.25) is 5.02 Å². The Kier molecular flexibility index (Phi) is 4.07. The lowest BCUT2D eigenvalue weighted by Gasteiger charge is -2.17. The maximum absolute atomic E-state index is 12.8. The summed E-state index contributed by atoms with van der Waals surface area (Å²) in [7, 11) is 0. The molecule has 5 nitrogen and oxygen atoms in total. The summed E-state index contributed by atoms with van der Waals surface area (Å²) in [5.74, 6) is 0.257. The average molecular weight is 351 g/mol. The molecule has 3 aromatic rings. The third kappa shape index (κ3) is 3.19. The van der Waals surface area contributed by atoms with Gasteiger partial charge in [0.1, 0.15) is 5.69 Å². The first kappa shape index (κ1) is 15.6. The number of hydrogen-bond acceptors (Lipinski definition) is 4. The second-order valence-electron chi connectivity index (χ2n) is 5.73. The minimum Gasteiger partial charge on any atom is -0.324 e. The number of rotatable bonds is 3. The molecule has 4 rings (SSSR count). The molecular weight excluding hydrogens is 336 g/mol. The quantitative estimate of drug-likeness (QED) is 0.773. The number of fused-ring (bicyclic) bond motifs is 1. The molecule has 0 fully saturated rings. The molecule has 0 saturated heterocycles. The predicted octanol–water partition coefficient (Wildman–Crippen LogP) is 4.08. The predicted molar refractivity (Wildman–Crippen MR) is 98.6 cm³/mol. The van der Waals surface area contributed by atoms with Gasteiger partial charge in [-0.2, -0.15) is 0 Å². The summed E-state index contributed by atoms with van der Waals surface area (Å²) in [5, 5.41) is 3.74. The summed E-state index contributed by atoms with van der Waals surface area (Å²) in [6.45, 7) is 0.669. The van der Waals surface area contributed by atoms with Gasteiger partial charge < -0.3 is 10.2 Å². The van der Waals surface area contributed by atoms with Crippen molar-refractivity contribution in [2.45, 2.75) is 6.42 Å². The number of nitrogens with one attached hydrogen (secondary N) is 1. The number of anilines is 3. The van der Waals surface area contributed by atoms with E-state index < -0.39 is 0 Å². The number of carbonyl (C=O) groups is 1. The van der Waals surface area contributed by atoms with Crippen molar-refractivity contribution in [2.24, 2.45) is 0 Å². The fraction of sp³-hybridized carbons (Fsp3) is 0.105. The van der Waals surface area contributed by atoms with E-state index in [1.54, 1.807) is 29.3 Å². The number of benzene rings is 2. The van der Waals surface area contributed by atoms with Crippen molar-refractivity contribution in [2.75, 3.05) is 16.8 Å². The van der Waals surface area contributed by atoms with Crippen molar-refractivity contribution in [1.82, 2.24) is 9.97 Å². The largest absolute Gasteiger partial charge is 0.324 e. The van der Waals surface area contributed by atoms with Gasteiger partial charge in [0.15, 0.2) is 0 Å². The second kappa shape index (κ2) is 6.53. The maximum atomic E-state index is 12.8. The number of amides is 1. The van der Waals surface area contributed by atoms with E-state index in [-0.39, 0.29) is 5.91 Å². The SMILES string of the molecule is O=C(c1ccnc(Nc2ccc(Cl)cc2)n1)N1CCc2ccccc21. The molecule has 0 radical (unpaired) electrons. The molecule has 25 heavy (non-hydrogen) atoms. The van der Waals surface area contributed by atoms with E-state index in [0.717, 1.165) is 17.8 Å². The minimum atomic E-state index is -0.119. The fourth-order valence-corrected chi connectivity index (χ4v) is 3.01. The Balaban J connectivity index is 1.57. The molecule has 124 valence electrons. The molecular formula is C19H15ClN4O. The highest BCUT2D eigenvalue weighted by atomic mass is 35.5. The summed E-state index contributed by atoms with van der Waals surface area (Å²) in [6.07, 6.45) is 2.45. The van der Waals surface area contributed by atoms with Crippen molar-refractivity contribution < 1.29 is 4.79 Å². The first-order chi connectivity index (χ1) is 12.2. The van der Waals surface area contributed by atoms with Crippen LogP contribution in [0.4, 0.5) is 17.3 Å². The summed E-state index contributed by atoms with van der Waals surface area (Å²) >= 11 is 5.89. The van der Waals surface area contributed by atoms with Gasteiger partial charge >= 0.3 is 0 Å². The normalized spacial score (nSPS) is 12.8. The van der Waals surface area contributed by atoms with Gasteiger partial charge in [0, 0.05) is 29.1 Å². The van der Waals surface area contributed by atoms with E-state index in [4.69, 9.17) is 11.6 Å². The van der Waals surface area contributed by atoms with Gasteiger partial charge in [-0.25, -0.2) is 9.97 Å². The van der Waals surface area contributed by atoms with Gasteiger partial charge in [-0.3, -0.25) is 4.79 Å². The number of carbonyl (C=O) groups excluding carboxylic acids is 1. The molecule has 0 aliphatic carbocycles. The summed E-state index contributed by atoms with van der Waals surface area (Å²) < 4.78 is 0. The summed E-state index contributed by atoms with van der Waals surface area (Å²) in [4.78, 5) is 23.2. The molecule has 0 bridgehead atoms. The Hall–Kier alpha value is -2.92. The highest BCUT2D eigenvalue weighted by molar-refractivity contribution is 6.30. The van der Waals surface area contributed by atoms with Crippen LogP contribution in [0.5, 0.6) is 0 Å². The van der Waals surface area contributed by atoms with E-state index >= 15 is 0 Å². The standard InChI is InChI=1S/C19H15ClN4O/c20-14-5-7-15(8-6-14)22-19-21-11-9-16(23-19)18(25)24-12-10-13-3-1-2-4-17(13)24/h1-9,11H,10,12H2,(H,21,22,23). The first-order valence-corrected chi connectivity index (χ1v) is 8.34. The smallest absolute Gasteiger partial charge is 0.277 e. The molecule has 0 saturated carbocycles. The maximum Gasteiger partial charge on any atom is 0.277 e. The molecule has 6 heteroatoms. The lowest BCUT2D eigenvalue weighted by Crippen LogP contribution is -2.29. The summed E-state index contributed by atoms with van der Waals surface area (Å²) in [6, 6.07) is 16.8. The van der Waals surface area contributed by atoms with Crippen molar-refractivity contribution >= 4 is 34.8 Å². The van der Waals surface area contributed by atoms with E-state index in [1.807, 2.05) is 30.3 Å². The fourth-order valence-electron chi connectivity index (χ4n) is 2.89. The summed E-state index contributed by atoms with van der Waals surface area (Å²) in [5.41, 5.74) is 3.31. The molecule has 1 N–H and O–H groups in total. The van der Waals surface area contributed by atoms with Gasteiger partial charge in [0.05, 0.1) is 0 Å². The second-order valence-corrected chi connectivity index (χ2v) is 6.17. The van der Waals surface area contributed by atoms with Gasteiger partial charge in [-0.05, 0) is 48.4 Å².